The first-order valence-electron chi connectivity index (χ1n) is 3.62. The number of benzene rings is 1. The minimum Gasteiger partial charge on any atom is -0.393 e. The molecule has 1 rings (SSSR count). The van der Waals surface area contributed by atoms with Crippen molar-refractivity contribution in [2.24, 2.45) is 0 Å². The molecule has 0 unspecified atom stereocenters. The maximum Gasteiger partial charge on any atom is 0.156 e. The van der Waals surface area contributed by atoms with E-state index in [0.29, 0.717) is 10.6 Å². The van der Waals surface area contributed by atoms with E-state index in [4.69, 9.17) is 16.7 Å². The first-order valence-corrected chi connectivity index (χ1v) is 4.00. The van der Waals surface area contributed by atoms with E-state index in [1.165, 1.54) is 6.92 Å². The van der Waals surface area contributed by atoms with Crippen LogP contribution in [0.5, 0.6) is 0 Å². The van der Waals surface area contributed by atoms with Gasteiger partial charge in [0.15, 0.2) is 5.67 Å². The molecule has 0 bridgehead atoms. The molecule has 0 aliphatic carbocycles. The Balaban J connectivity index is 2.96. The highest BCUT2D eigenvalue weighted by Gasteiger charge is 2.23. The summed E-state index contributed by atoms with van der Waals surface area (Å²) < 4.78 is 13.4. The lowest BCUT2D eigenvalue weighted by atomic mass is 9.99. The molecule has 0 amide bonds. The molecule has 1 atom stereocenters. The molecule has 0 saturated carbocycles. The molecule has 1 aromatic carbocycles. The Labute approximate surface area is 75.8 Å². The minimum atomic E-state index is -1.68. The SMILES string of the molecule is C[C@](F)(CO)c1ccc(Cl)cc1. The van der Waals surface area contributed by atoms with Gasteiger partial charge in [0, 0.05) is 5.02 Å². The Bertz CT molecular complexity index is 256. The molecule has 0 fully saturated rings. The quantitative estimate of drug-likeness (QED) is 0.756. The first-order chi connectivity index (χ1) is 5.56. The summed E-state index contributed by atoms with van der Waals surface area (Å²) >= 11 is 5.62. The molecular weight excluding hydrogens is 179 g/mol. The topological polar surface area (TPSA) is 20.2 Å². The average Bonchev–Trinajstić information content (AvgIpc) is 2.05. The van der Waals surface area contributed by atoms with E-state index in [9.17, 15) is 4.39 Å². The number of hydrogen-bond donors (Lipinski definition) is 1. The van der Waals surface area contributed by atoms with Crippen molar-refractivity contribution in [3.05, 3.63) is 34.9 Å². The number of aliphatic hydroxyl groups is 1. The summed E-state index contributed by atoms with van der Waals surface area (Å²) in [5, 5.41) is 9.27. The van der Waals surface area contributed by atoms with Crippen LogP contribution >= 0.6 is 11.6 Å². The Morgan fingerprint density at radius 2 is 1.92 bits per heavy atom. The monoisotopic (exact) mass is 188 g/mol. The van der Waals surface area contributed by atoms with Crippen LogP contribution in [0.3, 0.4) is 0 Å². The van der Waals surface area contributed by atoms with Crippen LogP contribution in [-0.4, -0.2) is 11.7 Å². The van der Waals surface area contributed by atoms with Crippen LogP contribution in [0.4, 0.5) is 4.39 Å². The first kappa shape index (κ1) is 9.49. The van der Waals surface area contributed by atoms with E-state index in [-0.39, 0.29) is 0 Å². The summed E-state index contributed by atoms with van der Waals surface area (Å²) in [5.41, 5.74) is -1.24. The number of alkyl halides is 1. The fourth-order valence-electron chi connectivity index (χ4n) is 0.889. The predicted molar refractivity (Wildman–Crippen MR) is 47.0 cm³/mol. The molecule has 0 heterocycles. The number of halogens is 2. The van der Waals surface area contributed by atoms with Gasteiger partial charge in [-0.2, -0.15) is 0 Å². The van der Waals surface area contributed by atoms with Gasteiger partial charge in [0.2, 0.25) is 0 Å². The molecule has 3 heteroatoms. The normalized spacial score (nSPS) is 15.7. The van der Waals surface area contributed by atoms with Crippen molar-refractivity contribution in [3.8, 4) is 0 Å². The molecule has 0 aliphatic rings. The third-order valence-electron chi connectivity index (χ3n) is 1.74. The Hall–Kier alpha value is -0.600. The highest BCUT2D eigenvalue weighted by atomic mass is 35.5. The summed E-state index contributed by atoms with van der Waals surface area (Å²) in [7, 11) is 0. The van der Waals surface area contributed by atoms with E-state index in [2.05, 4.69) is 0 Å². The summed E-state index contributed by atoms with van der Waals surface area (Å²) in [4.78, 5) is 0. The second-order valence-corrected chi connectivity index (χ2v) is 3.30. The summed E-state index contributed by atoms with van der Waals surface area (Å²) in [5.74, 6) is 0. The zero-order chi connectivity index (χ0) is 9.19. The van der Waals surface area contributed by atoms with Crippen LogP contribution < -0.4 is 0 Å². The van der Waals surface area contributed by atoms with Gasteiger partial charge in [-0.25, -0.2) is 4.39 Å². The number of rotatable bonds is 2. The summed E-state index contributed by atoms with van der Waals surface area (Å²) in [6.07, 6.45) is 0. The molecule has 66 valence electrons. The van der Waals surface area contributed by atoms with Crippen molar-refractivity contribution in [2.75, 3.05) is 6.61 Å². The zero-order valence-electron chi connectivity index (χ0n) is 6.72. The van der Waals surface area contributed by atoms with Gasteiger partial charge in [0.1, 0.15) is 0 Å². The van der Waals surface area contributed by atoms with E-state index < -0.39 is 12.3 Å². The van der Waals surface area contributed by atoms with Gasteiger partial charge in [0.05, 0.1) is 6.61 Å². The largest absolute Gasteiger partial charge is 0.393 e. The van der Waals surface area contributed by atoms with Gasteiger partial charge in [-0.15, -0.1) is 0 Å². The molecule has 0 aromatic heterocycles. The van der Waals surface area contributed by atoms with Crippen molar-refractivity contribution in [1.82, 2.24) is 0 Å². The number of aliphatic hydroxyl groups excluding tert-OH is 1. The van der Waals surface area contributed by atoms with Crippen molar-refractivity contribution in [1.29, 1.82) is 0 Å². The van der Waals surface area contributed by atoms with Gasteiger partial charge in [0.25, 0.3) is 0 Å². The molecule has 0 radical (unpaired) electrons. The van der Waals surface area contributed by atoms with E-state index in [0.717, 1.165) is 0 Å². The van der Waals surface area contributed by atoms with Crippen LogP contribution in [0.1, 0.15) is 12.5 Å². The lowest BCUT2D eigenvalue weighted by Crippen LogP contribution is -2.19. The van der Waals surface area contributed by atoms with Crippen molar-refractivity contribution >= 4 is 11.6 Å². The molecule has 0 spiro atoms. The van der Waals surface area contributed by atoms with Crippen LogP contribution in [-0.2, 0) is 5.67 Å². The highest BCUT2D eigenvalue weighted by Crippen LogP contribution is 2.25. The Morgan fingerprint density at radius 3 is 2.33 bits per heavy atom. The van der Waals surface area contributed by atoms with Crippen molar-refractivity contribution < 1.29 is 9.50 Å². The average molecular weight is 189 g/mol. The van der Waals surface area contributed by atoms with Gasteiger partial charge in [-0.1, -0.05) is 23.7 Å². The van der Waals surface area contributed by atoms with Gasteiger partial charge in [-0.05, 0) is 24.6 Å². The lowest BCUT2D eigenvalue weighted by Gasteiger charge is -2.17. The Kier molecular flexibility index (Phi) is 2.70. The fraction of sp³-hybridized carbons (Fsp3) is 0.333. The second-order valence-electron chi connectivity index (χ2n) is 2.86. The van der Waals surface area contributed by atoms with Crippen LogP contribution in [0.15, 0.2) is 24.3 Å². The maximum atomic E-state index is 13.4. The standard InChI is InChI=1S/C9H10ClFO/c1-9(11,6-12)7-2-4-8(10)5-3-7/h2-5,12H,6H2,1H3/t9-/m0/s1. The fourth-order valence-corrected chi connectivity index (χ4v) is 1.01. The third kappa shape index (κ3) is 1.96. The van der Waals surface area contributed by atoms with Crippen LogP contribution in [0.2, 0.25) is 5.02 Å². The molecular formula is C9H10ClFO. The van der Waals surface area contributed by atoms with E-state index >= 15 is 0 Å². The molecule has 12 heavy (non-hydrogen) atoms. The zero-order valence-corrected chi connectivity index (χ0v) is 7.48. The molecule has 1 N–H and O–H groups in total. The van der Waals surface area contributed by atoms with E-state index in [1.54, 1.807) is 24.3 Å². The second kappa shape index (κ2) is 3.42. The molecule has 1 aromatic rings. The van der Waals surface area contributed by atoms with Crippen molar-refractivity contribution in [2.45, 2.75) is 12.6 Å². The predicted octanol–water partition coefficient (Wildman–Crippen LogP) is 2.52. The Morgan fingerprint density at radius 1 is 1.42 bits per heavy atom. The van der Waals surface area contributed by atoms with E-state index in [1.807, 2.05) is 0 Å². The molecule has 0 saturated heterocycles. The third-order valence-corrected chi connectivity index (χ3v) is 2.00. The van der Waals surface area contributed by atoms with Gasteiger partial charge >= 0.3 is 0 Å². The number of hydrogen-bond acceptors (Lipinski definition) is 1. The van der Waals surface area contributed by atoms with Crippen LogP contribution in [0.25, 0.3) is 0 Å². The minimum absolute atomic E-state index is 0.439. The summed E-state index contributed by atoms with van der Waals surface area (Å²) in [6, 6.07) is 6.34. The van der Waals surface area contributed by atoms with Crippen LogP contribution in [0, 0.1) is 0 Å². The smallest absolute Gasteiger partial charge is 0.156 e. The summed E-state index contributed by atoms with van der Waals surface area (Å²) in [6.45, 7) is 0.810. The maximum absolute atomic E-state index is 13.4. The van der Waals surface area contributed by atoms with Gasteiger partial charge in [-0.3, -0.25) is 0 Å². The lowest BCUT2D eigenvalue weighted by molar-refractivity contribution is 0.0868. The van der Waals surface area contributed by atoms with Gasteiger partial charge < -0.3 is 5.11 Å². The molecule has 1 nitrogen and oxygen atoms in total. The highest BCUT2D eigenvalue weighted by molar-refractivity contribution is 6.30. The van der Waals surface area contributed by atoms with Crippen molar-refractivity contribution in [3.63, 3.8) is 0 Å². The molecule has 0 aliphatic heterocycles.